The molecule has 26 heavy (non-hydrogen) atoms. The summed E-state index contributed by atoms with van der Waals surface area (Å²) in [5, 5.41) is 5.24. The van der Waals surface area contributed by atoms with Gasteiger partial charge < -0.3 is 20.1 Å². The van der Waals surface area contributed by atoms with Crippen LogP contribution in [0.25, 0.3) is 0 Å². The van der Waals surface area contributed by atoms with Crippen LogP contribution in [0.4, 0.5) is 11.4 Å². The molecular formula is C19H20N2O5. The number of hydrogen-bond acceptors (Lipinski definition) is 5. The summed E-state index contributed by atoms with van der Waals surface area (Å²) >= 11 is 0. The van der Waals surface area contributed by atoms with Crippen molar-refractivity contribution in [3.63, 3.8) is 0 Å². The predicted octanol–water partition coefficient (Wildman–Crippen LogP) is 2.38. The molecule has 0 atom stereocenters. The highest BCUT2D eigenvalue weighted by Gasteiger charge is 2.13. The fraction of sp³-hybridized carbons (Fsp3) is 0.211. The van der Waals surface area contributed by atoms with Crippen molar-refractivity contribution in [3.05, 3.63) is 59.7 Å². The molecule has 0 fully saturated rings. The lowest BCUT2D eigenvalue weighted by Crippen LogP contribution is -2.24. The molecule has 0 bridgehead atoms. The average molecular weight is 356 g/mol. The molecule has 0 heterocycles. The molecule has 2 aromatic rings. The van der Waals surface area contributed by atoms with Gasteiger partial charge in [0.15, 0.2) is 0 Å². The number of carbonyl (C=O) groups is 3. The van der Waals surface area contributed by atoms with Gasteiger partial charge in [0, 0.05) is 5.69 Å². The van der Waals surface area contributed by atoms with E-state index >= 15 is 0 Å². The molecule has 0 radical (unpaired) electrons. The van der Waals surface area contributed by atoms with Crippen LogP contribution in [0, 0.1) is 6.92 Å². The van der Waals surface area contributed by atoms with Gasteiger partial charge in [-0.15, -0.1) is 0 Å². The second-order valence-electron chi connectivity index (χ2n) is 5.50. The van der Waals surface area contributed by atoms with E-state index in [-0.39, 0.29) is 24.7 Å². The Balaban J connectivity index is 1.80. The van der Waals surface area contributed by atoms with Crippen molar-refractivity contribution < 1.29 is 23.9 Å². The van der Waals surface area contributed by atoms with E-state index in [0.717, 1.165) is 5.56 Å². The normalized spacial score (nSPS) is 10.1. The number of methoxy groups -OCH3 is 1. The highest BCUT2D eigenvalue weighted by molar-refractivity contribution is 6.01. The molecule has 0 aliphatic heterocycles. The third-order valence-electron chi connectivity index (χ3n) is 3.37. The molecule has 2 N–H and O–H groups in total. The van der Waals surface area contributed by atoms with Crippen molar-refractivity contribution in [1.82, 2.24) is 0 Å². The lowest BCUT2D eigenvalue weighted by atomic mass is 10.2. The molecule has 0 spiro atoms. The van der Waals surface area contributed by atoms with Gasteiger partial charge in [0.05, 0.1) is 18.4 Å². The molecule has 2 rings (SSSR count). The second-order valence-corrected chi connectivity index (χ2v) is 5.50. The molecule has 0 saturated heterocycles. The molecule has 0 saturated carbocycles. The number of aryl methyl sites for hydroxylation is 1. The largest absolute Gasteiger partial charge is 0.465 e. The Morgan fingerprint density at radius 1 is 0.923 bits per heavy atom. The van der Waals surface area contributed by atoms with E-state index in [1.54, 1.807) is 24.3 Å². The number of anilines is 2. The number of amides is 2. The number of benzene rings is 2. The monoisotopic (exact) mass is 356 g/mol. The zero-order chi connectivity index (χ0) is 18.9. The Kier molecular flexibility index (Phi) is 6.87. The van der Waals surface area contributed by atoms with Gasteiger partial charge in [-0.1, -0.05) is 24.3 Å². The fourth-order valence-corrected chi connectivity index (χ4v) is 2.22. The van der Waals surface area contributed by atoms with Crippen LogP contribution in [0.2, 0.25) is 0 Å². The first-order valence-corrected chi connectivity index (χ1v) is 7.91. The van der Waals surface area contributed by atoms with Gasteiger partial charge in [-0.25, -0.2) is 4.79 Å². The quantitative estimate of drug-likeness (QED) is 0.743. The van der Waals surface area contributed by atoms with E-state index in [9.17, 15) is 14.4 Å². The van der Waals surface area contributed by atoms with E-state index < -0.39 is 11.9 Å². The second kappa shape index (κ2) is 9.33. The summed E-state index contributed by atoms with van der Waals surface area (Å²) in [6, 6.07) is 13.8. The summed E-state index contributed by atoms with van der Waals surface area (Å²) in [5.41, 5.74) is 2.24. The summed E-state index contributed by atoms with van der Waals surface area (Å²) in [6.45, 7) is 1.33. The van der Waals surface area contributed by atoms with Gasteiger partial charge in [0.1, 0.15) is 13.2 Å². The SMILES string of the molecule is COC(=O)c1ccccc1NC(=O)COCC(=O)Nc1cccc(C)c1. The van der Waals surface area contributed by atoms with Crippen LogP contribution in [-0.2, 0) is 19.1 Å². The first kappa shape index (κ1) is 19.1. The minimum atomic E-state index is -0.556. The number of hydrogen-bond donors (Lipinski definition) is 2. The highest BCUT2D eigenvalue weighted by atomic mass is 16.5. The van der Waals surface area contributed by atoms with E-state index in [1.807, 2.05) is 25.1 Å². The summed E-state index contributed by atoms with van der Waals surface area (Å²) in [7, 11) is 1.26. The van der Waals surface area contributed by atoms with Crippen LogP contribution in [0.1, 0.15) is 15.9 Å². The van der Waals surface area contributed by atoms with Gasteiger partial charge >= 0.3 is 5.97 Å². The lowest BCUT2D eigenvalue weighted by Gasteiger charge is -2.10. The van der Waals surface area contributed by atoms with Crippen LogP contribution in [0.5, 0.6) is 0 Å². The van der Waals surface area contributed by atoms with Crippen molar-refractivity contribution in [2.24, 2.45) is 0 Å². The molecule has 7 heteroatoms. The molecule has 0 aliphatic carbocycles. The first-order chi connectivity index (χ1) is 12.5. The van der Waals surface area contributed by atoms with Crippen molar-refractivity contribution in [2.45, 2.75) is 6.92 Å². The number of rotatable bonds is 7. The minimum absolute atomic E-state index is 0.237. The topological polar surface area (TPSA) is 93.7 Å². The number of carbonyl (C=O) groups excluding carboxylic acids is 3. The van der Waals surface area contributed by atoms with Crippen LogP contribution >= 0.6 is 0 Å². The smallest absolute Gasteiger partial charge is 0.339 e. The molecule has 0 aliphatic rings. The summed E-state index contributed by atoms with van der Waals surface area (Å²) in [6.07, 6.45) is 0. The van der Waals surface area contributed by atoms with Gasteiger partial charge in [-0.05, 0) is 36.8 Å². The summed E-state index contributed by atoms with van der Waals surface area (Å²) in [4.78, 5) is 35.4. The Labute approximate surface area is 151 Å². The molecule has 2 amide bonds. The predicted molar refractivity (Wildman–Crippen MR) is 97.0 cm³/mol. The van der Waals surface area contributed by atoms with Crippen molar-refractivity contribution in [3.8, 4) is 0 Å². The zero-order valence-electron chi connectivity index (χ0n) is 14.6. The van der Waals surface area contributed by atoms with Gasteiger partial charge in [0.25, 0.3) is 0 Å². The van der Waals surface area contributed by atoms with E-state index in [4.69, 9.17) is 4.74 Å². The Morgan fingerprint density at radius 2 is 1.62 bits per heavy atom. The Bertz CT molecular complexity index is 804. The van der Waals surface area contributed by atoms with Gasteiger partial charge in [0.2, 0.25) is 11.8 Å². The summed E-state index contributed by atoms with van der Waals surface area (Å²) in [5.74, 6) is -1.40. The average Bonchev–Trinajstić information content (AvgIpc) is 2.61. The maximum absolute atomic E-state index is 11.9. The molecule has 0 aromatic heterocycles. The van der Waals surface area contributed by atoms with Crippen LogP contribution in [0.3, 0.4) is 0 Å². The number of ether oxygens (including phenoxy) is 2. The zero-order valence-corrected chi connectivity index (χ0v) is 14.6. The lowest BCUT2D eigenvalue weighted by molar-refractivity contribution is -0.125. The maximum Gasteiger partial charge on any atom is 0.339 e. The van der Waals surface area contributed by atoms with Crippen LogP contribution in [-0.4, -0.2) is 38.1 Å². The maximum atomic E-state index is 11.9. The van der Waals surface area contributed by atoms with Crippen molar-refractivity contribution in [1.29, 1.82) is 0 Å². The highest BCUT2D eigenvalue weighted by Crippen LogP contribution is 2.15. The van der Waals surface area contributed by atoms with Gasteiger partial charge in [-0.3, -0.25) is 9.59 Å². The molecular weight excluding hydrogens is 336 g/mol. The molecule has 2 aromatic carbocycles. The van der Waals surface area contributed by atoms with E-state index in [2.05, 4.69) is 15.4 Å². The number of para-hydroxylation sites is 1. The van der Waals surface area contributed by atoms with E-state index in [0.29, 0.717) is 11.4 Å². The van der Waals surface area contributed by atoms with Crippen LogP contribution in [0.15, 0.2) is 48.5 Å². The van der Waals surface area contributed by atoms with Crippen molar-refractivity contribution >= 4 is 29.2 Å². The number of nitrogens with one attached hydrogen (secondary N) is 2. The van der Waals surface area contributed by atoms with Crippen LogP contribution < -0.4 is 10.6 Å². The minimum Gasteiger partial charge on any atom is -0.465 e. The first-order valence-electron chi connectivity index (χ1n) is 7.91. The third kappa shape index (κ3) is 5.71. The number of esters is 1. The molecule has 0 unspecified atom stereocenters. The summed E-state index contributed by atoms with van der Waals surface area (Å²) < 4.78 is 9.78. The third-order valence-corrected chi connectivity index (χ3v) is 3.37. The molecule has 136 valence electrons. The van der Waals surface area contributed by atoms with Crippen molar-refractivity contribution in [2.75, 3.05) is 31.0 Å². The Hall–Kier alpha value is -3.19. The van der Waals surface area contributed by atoms with Gasteiger partial charge in [-0.2, -0.15) is 0 Å². The fourth-order valence-electron chi connectivity index (χ4n) is 2.22. The van der Waals surface area contributed by atoms with E-state index in [1.165, 1.54) is 13.2 Å². The molecule has 7 nitrogen and oxygen atoms in total. The standard InChI is InChI=1S/C19H20N2O5/c1-13-6-5-7-14(10-13)20-17(22)11-26-12-18(23)21-16-9-4-3-8-15(16)19(24)25-2/h3-10H,11-12H2,1-2H3,(H,20,22)(H,21,23). The Morgan fingerprint density at radius 3 is 2.31 bits per heavy atom.